The van der Waals surface area contributed by atoms with Gasteiger partial charge in [-0.15, -0.1) is 12.4 Å². The molecule has 104 valence electrons. The fourth-order valence-electron chi connectivity index (χ4n) is 1.98. The summed E-state index contributed by atoms with van der Waals surface area (Å²) in [5, 5.41) is 3.28. The molecular formula is C10H24ClN3O2S. The van der Waals surface area contributed by atoms with E-state index in [0.29, 0.717) is 25.6 Å². The van der Waals surface area contributed by atoms with Crippen molar-refractivity contribution in [1.82, 2.24) is 14.3 Å². The maximum Gasteiger partial charge on any atom is 0.279 e. The molecule has 1 aliphatic heterocycles. The first-order valence-corrected chi connectivity index (χ1v) is 7.49. The minimum absolute atomic E-state index is 0. The highest BCUT2D eigenvalue weighted by atomic mass is 35.5. The lowest BCUT2D eigenvalue weighted by molar-refractivity contribution is 0.367. The van der Waals surface area contributed by atoms with Crippen molar-refractivity contribution in [3.05, 3.63) is 0 Å². The number of nitrogens with one attached hydrogen (secondary N) is 2. The first-order valence-electron chi connectivity index (χ1n) is 6.05. The molecule has 0 aromatic rings. The van der Waals surface area contributed by atoms with Crippen molar-refractivity contribution in [2.45, 2.75) is 26.7 Å². The van der Waals surface area contributed by atoms with Crippen molar-refractivity contribution in [2.75, 3.05) is 32.7 Å². The van der Waals surface area contributed by atoms with Crippen molar-refractivity contribution in [2.24, 2.45) is 5.92 Å². The Morgan fingerprint density at radius 2 is 2.00 bits per heavy atom. The molecule has 1 rings (SSSR count). The van der Waals surface area contributed by atoms with Crippen molar-refractivity contribution >= 4 is 22.6 Å². The molecule has 1 atom stereocenters. The van der Waals surface area contributed by atoms with E-state index < -0.39 is 10.2 Å². The molecule has 1 saturated heterocycles. The fourth-order valence-corrected chi connectivity index (χ4v) is 3.28. The Kier molecular flexibility index (Phi) is 8.32. The Hall–Kier alpha value is 0.120. The van der Waals surface area contributed by atoms with Crippen LogP contribution < -0.4 is 10.0 Å². The molecule has 0 amide bonds. The van der Waals surface area contributed by atoms with E-state index in [1.807, 2.05) is 13.8 Å². The molecule has 0 aromatic heterocycles. The predicted octanol–water partition coefficient (Wildman–Crippen LogP) is 0.584. The maximum atomic E-state index is 11.8. The van der Waals surface area contributed by atoms with Gasteiger partial charge in [0, 0.05) is 19.6 Å². The molecule has 0 aromatic carbocycles. The van der Waals surface area contributed by atoms with Gasteiger partial charge in [0.2, 0.25) is 0 Å². The first-order chi connectivity index (χ1) is 7.60. The molecule has 1 aliphatic rings. The van der Waals surface area contributed by atoms with Crippen molar-refractivity contribution in [3.8, 4) is 0 Å². The Bertz CT molecular complexity index is 288. The van der Waals surface area contributed by atoms with Gasteiger partial charge in [0.05, 0.1) is 0 Å². The second kappa shape index (κ2) is 8.26. The molecule has 5 nitrogen and oxygen atoms in total. The normalized spacial score (nSPS) is 21.2. The van der Waals surface area contributed by atoms with E-state index in [0.717, 1.165) is 25.9 Å². The Labute approximate surface area is 111 Å². The van der Waals surface area contributed by atoms with Crippen molar-refractivity contribution in [3.63, 3.8) is 0 Å². The average Bonchev–Trinajstić information content (AvgIpc) is 2.29. The van der Waals surface area contributed by atoms with Gasteiger partial charge in [-0.25, -0.2) is 4.72 Å². The van der Waals surface area contributed by atoms with E-state index in [2.05, 4.69) is 10.0 Å². The third-order valence-electron chi connectivity index (χ3n) is 3.00. The van der Waals surface area contributed by atoms with Gasteiger partial charge >= 0.3 is 0 Å². The summed E-state index contributed by atoms with van der Waals surface area (Å²) in [5.74, 6) is 0.430. The molecule has 1 fully saturated rings. The van der Waals surface area contributed by atoms with Gasteiger partial charge in [0.25, 0.3) is 10.2 Å². The largest absolute Gasteiger partial charge is 0.316 e. The molecule has 1 unspecified atom stereocenters. The zero-order valence-electron chi connectivity index (χ0n) is 10.6. The van der Waals surface area contributed by atoms with E-state index in [-0.39, 0.29) is 12.4 Å². The number of hydrogen-bond acceptors (Lipinski definition) is 3. The van der Waals surface area contributed by atoms with Gasteiger partial charge in [-0.2, -0.15) is 12.7 Å². The first kappa shape index (κ1) is 17.1. The molecule has 0 aliphatic carbocycles. The molecule has 2 N–H and O–H groups in total. The van der Waals surface area contributed by atoms with Crippen molar-refractivity contribution < 1.29 is 8.42 Å². The van der Waals surface area contributed by atoms with E-state index >= 15 is 0 Å². The van der Waals surface area contributed by atoms with Crippen LogP contribution in [0.25, 0.3) is 0 Å². The van der Waals surface area contributed by atoms with Crippen LogP contribution in [-0.2, 0) is 10.2 Å². The van der Waals surface area contributed by atoms with E-state index in [9.17, 15) is 8.42 Å². The monoisotopic (exact) mass is 285 g/mol. The Morgan fingerprint density at radius 1 is 1.35 bits per heavy atom. The summed E-state index contributed by atoms with van der Waals surface area (Å²) in [6.45, 7) is 7.27. The van der Waals surface area contributed by atoms with Crippen LogP contribution in [0.1, 0.15) is 26.7 Å². The van der Waals surface area contributed by atoms with Gasteiger partial charge in [-0.3, -0.25) is 0 Å². The van der Waals surface area contributed by atoms with Gasteiger partial charge in [-0.05, 0) is 31.8 Å². The molecule has 0 saturated carbocycles. The van der Waals surface area contributed by atoms with Crippen molar-refractivity contribution in [1.29, 1.82) is 0 Å². The second-order valence-corrected chi connectivity index (χ2v) is 5.91. The minimum Gasteiger partial charge on any atom is -0.316 e. The lowest BCUT2D eigenvalue weighted by atomic mass is 10.0. The summed E-state index contributed by atoms with van der Waals surface area (Å²) in [6, 6.07) is 0. The van der Waals surface area contributed by atoms with Crippen LogP contribution >= 0.6 is 12.4 Å². The Balaban J connectivity index is 0.00000256. The van der Waals surface area contributed by atoms with Gasteiger partial charge < -0.3 is 5.32 Å². The molecular weight excluding hydrogens is 262 g/mol. The quantitative estimate of drug-likeness (QED) is 0.751. The molecule has 0 spiro atoms. The number of hydrogen-bond donors (Lipinski definition) is 2. The summed E-state index contributed by atoms with van der Waals surface area (Å²) < 4.78 is 27.8. The fraction of sp³-hybridized carbons (Fsp3) is 1.00. The summed E-state index contributed by atoms with van der Waals surface area (Å²) in [7, 11) is -3.27. The third kappa shape index (κ3) is 5.52. The molecule has 17 heavy (non-hydrogen) atoms. The smallest absolute Gasteiger partial charge is 0.279 e. The lowest BCUT2D eigenvalue weighted by Gasteiger charge is -2.25. The highest BCUT2D eigenvalue weighted by Gasteiger charge is 2.20. The second-order valence-electron chi connectivity index (χ2n) is 4.15. The van der Waals surface area contributed by atoms with Crippen LogP contribution in [0.2, 0.25) is 0 Å². The van der Waals surface area contributed by atoms with Crippen LogP contribution in [0.5, 0.6) is 0 Å². The van der Waals surface area contributed by atoms with Gasteiger partial charge in [0.15, 0.2) is 0 Å². The average molecular weight is 286 g/mol. The summed E-state index contributed by atoms with van der Waals surface area (Å²) in [4.78, 5) is 0. The van der Waals surface area contributed by atoms with Crippen LogP contribution in [0, 0.1) is 5.92 Å². The zero-order valence-corrected chi connectivity index (χ0v) is 12.2. The summed E-state index contributed by atoms with van der Waals surface area (Å²) in [5.41, 5.74) is 0. The molecule has 0 bridgehead atoms. The van der Waals surface area contributed by atoms with Gasteiger partial charge in [0.1, 0.15) is 0 Å². The zero-order chi connectivity index (χ0) is 12.0. The highest BCUT2D eigenvalue weighted by Crippen LogP contribution is 2.09. The topological polar surface area (TPSA) is 61.4 Å². The number of piperidine rings is 1. The van der Waals surface area contributed by atoms with Gasteiger partial charge in [-0.1, -0.05) is 13.8 Å². The number of nitrogens with zero attached hydrogens (tertiary/aromatic N) is 1. The van der Waals surface area contributed by atoms with E-state index in [4.69, 9.17) is 0 Å². The molecule has 1 heterocycles. The van der Waals surface area contributed by atoms with Crippen LogP contribution in [-0.4, -0.2) is 45.4 Å². The third-order valence-corrected chi connectivity index (χ3v) is 4.73. The van der Waals surface area contributed by atoms with E-state index in [1.54, 1.807) is 0 Å². The molecule has 0 radical (unpaired) electrons. The SMILES string of the molecule is CCN(CC)S(=O)(=O)NCC1CCCNC1.Cl. The van der Waals surface area contributed by atoms with Crippen LogP contribution in [0.3, 0.4) is 0 Å². The maximum absolute atomic E-state index is 11.8. The van der Waals surface area contributed by atoms with E-state index in [1.165, 1.54) is 4.31 Å². The minimum atomic E-state index is -3.27. The summed E-state index contributed by atoms with van der Waals surface area (Å²) in [6.07, 6.45) is 2.24. The van der Waals surface area contributed by atoms with Crippen LogP contribution in [0.4, 0.5) is 0 Å². The number of halogens is 1. The predicted molar refractivity (Wildman–Crippen MR) is 72.7 cm³/mol. The van der Waals surface area contributed by atoms with Crippen LogP contribution in [0.15, 0.2) is 0 Å². The molecule has 7 heteroatoms. The lowest BCUT2D eigenvalue weighted by Crippen LogP contribution is -2.44. The highest BCUT2D eigenvalue weighted by molar-refractivity contribution is 7.87. The number of rotatable bonds is 6. The standard InChI is InChI=1S/C10H23N3O2S.ClH/c1-3-13(4-2)16(14,15)12-9-10-6-5-7-11-8-10;/h10-12H,3-9H2,1-2H3;1H. The Morgan fingerprint density at radius 3 is 2.47 bits per heavy atom. The summed E-state index contributed by atoms with van der Waals surface area (Å²) >= 11 is 0.